The lowest BCUT2D eigenvalue weighted by Crippen LogP contribution is -2.06. The molecule has 0 bridgehead atoms. The Morgan fingerprint density at radius 1 is 1.28 bits per heavy atom. The fourth-order valence-electron chi connectivity index (χ4n) is 2.68. The number of esters is 1. The summed E-state index contributed by atoms with van der Waals surface area (Å²) in [6.45, 7) is 2.16. The number of amides is 1. The van der Waals surface area contributed by atoms with Gasteiger partial charge in [0.25, 0.3) is 5.91 Å². The van der Waals surface area contributed by atoms with E-state index in [0.717, 1.165) is 28.2 Å². The summed E-state index contributed by atoms with van der Waals surface area (Å²) in [4.78, 5) is 25.3. The highest BCUT2D eigenvalue weighted by atomic mass is 32.2. The zero-order valence-electron chi connectivity index (χ0n) is 14.2. The van der Waals surface area contributed by atoms with Crippen molar-refractivity contribution in [3.8, 4) is 0 Å². The van der Waals surface area contributed by atoms with Crippen molar-refractivity contribution in [1.82, 2.24) is 0 Å². The fourth-order valence-corrected chi connectivity index (χ4v) is 5.44. The SMILES string of the molecule is CCOC(=O)c1sc([S@@](C)=NC(=O)c2ccccc2)c2c1CCC=C2. The summed E-state index contributed by atoms with van der Waals surface area (Å²) in [7, 11) is -0.618. The monoisotopic (exact) mass is 373 g/mol. The average Bonchev–Trinajstić information content (AvgIpc) is 3.02. The molecular weight excluding hydrogens is 354 g/mol. The van der Waals surface area contributed by atoms with Crippen molar-refractivity contribution in [1.29, 1.82) is 0 Å². The Bertz CT molecular complexity index is 866. The van der Waals surface area contributed by atoms with Crippen LogP contribution in [0.3, 0.4) is 0 Å². The number of thiophene rings is 1. The van der Waals surface area contributed by atoms with Crippen molar-refractivity contribution in [3.63, 3.8) is 0 Å². The van der Waals surface area contributed by atoms with Gasteiger partial charge in [-0.25, -0.2) is 4.79 Å². The van der Waals surface area contributed by atoms with Gasteiger partial charge in [0.1, 0.15) is 4.88 Å². The van der Waals surface area contributed by atoms with Crippen LogP contribution in [0.15, 0.2) is 45.0 Å². The molecule has 1 aromatic carbocycles. The topological polar surface area (TPSA) is 55.7 Å². The maximum atomic E-state index is 12.4. The summed E-state index contributed by atoms with van der Waals surface area (Å²) in [5.41, 5.74) is 2.64. The predicted molar refractivity (Wildman–Crippen MR) is 102 cm³/mol. The number of carbonyl (C=O) groups is 2. The minimum Gasteiger partial charge on any atom is -0.462 e. The Labute approximate surface area is 153 Å². The number of allylic oxidation sites excluding steroid dienone is 1. The molecule has 0 unspecified atom stereocenters. The van der Waals surface area contributed by atoms with E-state index >= 15 is 0 Å². The van der Waals surface area contributed by atoms with Gasteiger partial charge in [0, 0.05) is 11.1 Å². The van der Waals surface area contributed by atoms with E-state index < -0.39 is 10.7 Å². The maximum absolute atomic E-state index is 12.4. The number of fused-ring (bicyclic) bond motifs is 1. The molecule has 1 heterocycles. The van der Waals surface area contributed by atoms with Crippen LogP contribution in [0, 0.1) is 0 Å². The smallest absolute Gasteiger partial charge is 0.348 e. The van der Waals surface area contributed by atoms with Gasteiger partial charge in [0.05, 0.1) is 10.8 Å². The van der Waals surface area contributed by atoms with Crippen molar-refractivity contribution in [2.24, 2.45) is 4.36 Å². The summed E-state index contributed by atoms with van der Waals surface area (Å²) >= 11 is 1.41. The third kappa shape index (κ3) is 3.80. The van der Waals surface area contributed by atoms with Crippen LogP contribution in [-0.2, 0) is 21.8 Å². The molecule has 0 saturated carbocycles. The van der Waals surface area contributed by atoms with Crippen molar-refractivity contribution < 1.29 is 14.3 Å². The Morgan fingerprint density at radius 3 is 2.76 bits per heavy atom. The molecule has 3 rings (SSSR count). The molecule has 4 nitrogen and oxygen atoms in total. The van der Waals surface area contributed by atoms with Crippen LogP contribution in [0.5, 0.6) is 0 Å². The minimum atomic E-state index is -0.618. The molecule has 0 fully saturated rings. The van der Waals surface area contributed by atoms with Gasteiger partial charge in [0.15, 0.2) is 0 Å². The van der Waals surface area contributed by atoms with E-state index in [1.807, 2.05) is 30.5 Å². The lowest BCUT2D eigenvalue weighted by Gasteiger charge is -2.08. The van der Waals surface area contributed by atoms with E-state index in [4.69, 9.17) is 4.74 Å². The summed E-state index contributed by atoms with van der Waals surface area (Å²) in [6, 6.07) is 9.04. The Balaban J connectivity index is 1.99. The number of hydrogen-bond donors (Lipinski definition) is 0. The lowest BCUT2D eigenvalue weighted by atomic mass is 10.00. The zero-order chi connectivity index (χ0) is 17.8. The number of carbonyl (C=O) groups excluding carboxylic acids is 2. The molecule has 130 valence electrons. The molecule has 25 heavy (non-hydrogen) atoms. The number of benzene rings is 1. The van der Waals surface area contributed by atoms with Crippen molar-refractivity contribution in [2.45, 2.75) is 24.0 Å². The van der Waals surface area contributed by atoms with Crippen LogP contribution >= 0.6 is 11.3 Å². The summed E-state index contributed by atoms with van der Waals surface area (Å²) in [5.74, 6) is -0.511. The van der Waals surface area contributed by atoms with Gasteiger partial charge in [-0.1, -0.05) is 41.0 Å². The quantitative estimate of drug-likeness (QED) is 0.741. The molecule has 1 atom stereocenters. The van der Waals surface area contributed by atoms with E-state index in [9.17, 15) is 9.59 Å². The molecule has 0 radical (unpaired) electrons. The van der Waals surface area contributed by atoms with Gasteiger partial charge in [-0.15, -0.1) is 11.3 Å². The van der Waals surface area contributed by atoms with Crippen LogP contribution < -0.4 is 0 Å². The van der Waals surface area contributed by atoms with Crippen LogP contribution in [0.1, 0.15) is 44.5 Å². The van der Waals surface area contributed by atoms with Gasteiger partial charge in [-0.05, 0) is 43.7 Å². The van der Waals surface area contributed by atoms with Crippen molar-refractivity contribution >= 4 is 40.0 Å². The first-order chi connectivity index (χ1) is 12.1. The van der Waals surface area contributed by atoms with E-state index in [2.05, 4.69) is 10.4 Å². The van der Waals surface area contributed by atoms with E-state index in [1.165, 1.54) is 11.3 Å². The van der Waals surface area contributed by atoms with Gasteiger partial charge >= 0.3 is 5.97 Å². The largest absolute Gasteiger partial charge is 0.462 e. The van der Waals surface area contributed by atoms with Crippen molar-refractivity contribution in [3.05, 3.63) is 58.0 Å². The predicted octanol–water partition coefficient (Wildman–Crippen LogP) is 4.52. The molecule has 0 saturated heterocycles. The van der Waals surface area contributed by atoms with E-state index in [0.29, 0.717) is 17.0 Å². The average molecular weight is 373 g/mol. The number of nitrogens with zero attached hydrogens (tertiary/aromatic N) is 1. The fraction of sp³-hybridized carbons (Fsp3) is 0.263. The molecule has 1 amide bonds. The van der Waals surface area contributed by atoms with Gasteiger partial charge in [0.2, 0.25) is 0 Å². The molecule has 1 aromatic heterocycles. The summed E-state index contributed by atoms with van der Waals surface area (Å²) < 4.78 is 10.5. The van der Waals surface area contributed by atoms with Crippen molar-refractivity contribution in [2.75, 3.05) is 12.9 Å². The standard InChI is InChI=1S/C19H19NO3S2/c1-3-23-18(22)16-14-11-7-8-12-15(14)19(24-16)25(2)20-17(21)13-9-5-4-6-10-13/h4-6,8-10,12H,3,7,11H2,1-2H3/t25-/m1/s1. The van der Waals surface area contributed by atoms with Gasteiger partial charge in [-0.2, -0.15) is 4.36 Å². The van der Waals surface area contributed by atoms with Gasteiger partial charge in [-0.3, -0.25) is 4.79 Å². The Morgan fingerprint density at radius 2 is 2.04 bits per heavy atom. The Hall–Kier alpha value is -2.05. The molecule has 0 spiro atoms. The minimum absolute atomic E-state index is 0.231. The highest BCUT2D eigenvalue weighted by Crippen LogP contribution is 2.36. The van der Waals surface area contributed by atoms with Crippen LogP contribution in [-0.4, -0.2) is 24.7 Å². The summed E-state index contributed by atoms with van der Waals surface area (Å²) in [5, 5.41) is 0. The number of ether oxygens (including phenoxy) is 1. The van der Waals surface area contributed by atoms with Crippen LogP contribution in [0.4, 0.5) is 0 Å². The normalized spacial score (nSPS) is 14.2. The third-order valence-electron chi connectivity index (χ3n) is 3.83. The highest BCUT2D eigenvalue weighted by Gasteiger charge is 2.24. The molecular formula is C19H19NO3S2. The second kappa shape index (κ2) is 7.89. The maximum Gasteiger partial charge on any atom is 0.348 e. The Kier molecular flexibility index (Phi) is 5.60. The highest BCUT2D eigenvalue weighted by molar-refractivity contribution is 7.89. The second-order valence-electron chi connectivity index (χ2n) is 5.51. The zero-order valence-corrected chi connectivity index (χ0v) is 15.8. The molecule has 1 aliphatic carbocycles. The van der Waals surface area contributed by atoms with Crippen LogP contribution in [0.25, 0.3) is 6.08 Å². The number of hydrogen-bond acceptors (Lipinski definition) is 4. The second-order valence-corrected chi connectivity index (χ2v) is 8.34. The molecule has 0 aliphatic heterocycles. The first-order valence-electron chi connectivity index (χ1n) is 8.08. The lowest BCUT2D eigenvalue weighted by molar-refractivity contribution is 0.0530. The first-order valence-corrected chi connectivity index (χ1v) is 10.5. The van der Waals surface area contributed by atoms with Gasteiger partial charge < -0.3 is 4.74 Å². The third-order valence-corrected chi connectivity index (χ3v) is 7.02. The van der Waals surface area contributed by atoms with E-state index in [1.54, 1.807) is 19.1 Å². The number of rotatable bonds is 4. The first kappa shape index (κ1) is 17.8. The van der Waals surface area contributed by atoms with E-state index in [-0.39, 0.29) is 11.9 Å². The van der Waals surface area contributed by atoms with Crippen LogP contribution in [0.2, 0.25) is 0 Å². The molecule has 0 N–H and O–H groups in total. The molecule has 1 aliphatic rings. The summed E-state index contributed by atoms with van der Waals surface area (Å²) in [6.07, 6.45) is 7.79. The molecule has 2 aromatic rings. The molecule has 6 heteroatoms.